The van der Waals surface area contributed by atoms with Crippen LogP contribution in [0.3, 0.4) is 0 Å². The normalized spacial score (nSPS) is 10.4. The molecule has 0 aliphatic heterocycles. The van der Waals surface area contributed by atoms with Crippen LogP contribution in [-0.2, 0) is 0 Å². The van der Waals surface area contributed by atoms with Crippen LogP contribution in [0.4, 0.5) is 14.5 Å². The highest BCUT2D eigenvalue weighted by molar-refractivity contribution is 7.99. The number of nitrogens with zero attached hydrogens (tertiary/aromatic N) is 1. The fourth-order valence-corrected chi connectivity index (χ4v) is 2.58. The monoisotopic (exact) mass is 311 g/mol. The summed E-state index contributed by atoms with van der Waals surface area (Å²) in [5.41, 5.74) is -0.640. The Bertz CT molecular complexity index is 736. The Hall–Kier alpha value is -2.48. The molecule has 0 atom stereocenters. The van der Waals surface area contributed by atoms with Gasteiger partial charge in [0.2, 0.25) is 0 Å². The molecule has 108 valence electrons. The Labute approximate surface area is 121 Å². The molecule has 2 rings (SSSR count). The van der Waals surface area contributed by atoms with Gasteiger partial charge in [0.15, 0.2) is 11.6 Å². The van der Waals surface area contributed by atoms with Gasteiger partial charge in [-0.1, -0.05) is 17.8 Å². The average Bonchev–Trinajstić information content (AvgIpc) is 2.44. The maximum atomic E-state index is 13.8. The summed E-state index contributed by atoms with van der Waals surface area (Å²) in [6.07, 6.45) is 0. The molecule has 1 N–H and O–H groups in total. The number of carboxylic acid groups (broad SMARTS) is 1. The molecule has 2 aromatic carbocycles. The van der Waals surface area contributed by atoms with Gasteiger partial charge in [-0.25, -0.2) is 13.6 Å². The number of carboxylic acids is 1. The molecule has 0 saturated heterocycles. The predicted octanol–water partition coefficient (Wildman–Crippen LogP) is 3.72. The van der Waals surface area contributed by atoms with Crippen molar-refractivity contribution in [3.63, 3.8) is 0 Å². The van der Waals surface area contributed by atoms with E-state index in [2.05, 4.69) is 0 Å². The number of nitro benzene ring substituents is 1. The molecule has 0 fully saturated rings. The van der Waals surface area contributed by atoms with Gasteiger partial charge in [-0.2, -0.15) is 0 Å². The number of hydrogen-bond donors (Lipinski definition) is 1. The van der Waals surface area contributed by atoms with E-state index in [1.807, 2.05) is 0 Å². The first kappa shape index (κ1) is 14.9. The van der Waals surface area contributed by atoms with Gasteiger partial charge >= 0.3 is 5.97 Å². The fourth-order valence-electron chi connectivity index (χ4n) is 1.57. The molecule has 21 heavy (non-hydrogen) atoms. The van der Waals surface area contributed by atoms with Crippen LogP contribution in [0.1, 0.15) is 10.4 Å². The number of hydrogen-bond acceptors (Lipinski definition) is 4. The highest BCUT2D eigenvalue weighted by Gasteiger charge is 2.22. The van der Waals surface area contributed by atoms with Crippen molar-refractivity contribution in [3.8, 4) is 0 Å². The lowest BCUT2D eigenvalue weighted by molar-refractivity contribution is -0.388. The summed E-state index contributed by atoms with van der Waals surface area (Å²) in [6, 6.07) is 6.94. The summed E-state index contributed by atoms with van der Waals surface area (Å²) in [5.74, 6) is -3.74. The standard InChI is InChI=1S/C13H7F2NO4S/c14-9-4-5-10(16(19)20)12(11(9)15)21-8-3-1-2-7(6-8)13(17)18/h1-6H,(H,17,18). The minimum absolute atomic E-state index is 0.0561. The Morgan fingerprint density at radius 3 is 2.57 bits per heavy atom. The summed E-state index contributed by atoms with van der Waals surface area (Å²) < 4.78 is 27.0. The Morgan fingerprint density at radius 2 is 1.95 bits per heavy atom. The minimum atomic E-state index is -1.34. The van der Waals surface area contributed by atoms with E-state index in [1.165, 1.54) is 24.3 Å². The summed E-state index contributed by atoms with van der Waals surface area (Å²) in [5, 5.41) is 19.7. The smallest absolute Gasteiger partial charge is 0.335 e. The van der Waals surface area contributed by atoms with E-state index in [9.17, 15) is 23.7 Å². The highest BCUT2D eigenvalue weighted by atomic mass is 32.2. The van der Waals surface area contributed by atoms with Gasteiger partial charge in [0.05, 0.1) is 10.5 Å². The van der Waals surface area contributed by atoms with E-state index in [0.29, 0.717) is 17.8 Å². The van der Waals surface area contributed by atoms with E-state index in [0.717, 1.165) is 6.07 Å². The number of benzene rings is 2. The highest BCUT2D eigenvalue weighted by Crippen LogP contribution is 2.37. The molecule has 0 radical (unpaired) electrons. The van der Waals surface area contributed by atoms with Crippen molar-refractivity contribution >= 4 is 23.4 Å². The molecule has 0 bridgehead atoms. The van der Waals surface area contributed by atoms with Crippen LogP contribution in [0.2, 0.25) is 0 Å². The van der Waals surface area contributed by atoms with Crippen molar-refractivity contribution < 1.29 is 23.6 Å². The van der Waals surface area contributed by atoms with Gasteiger partial charge in [-0.3, -0.25) is 10.1 Å². The van der Waals surface area contributed by atoms with Crippen molar-refractivity contribution in [2.24, 2.45) is 0 Å². The molecule has 0 spiro atoms. The SMILES string of the molecule is O=C(O)c1cccc(Sc2c([N+](=O)[O-])ccc(F)c2F)c1. The van der Waals surface area contributed by atoms with E-state index in [4.69, 9.17) is 5.11 Å². The van der Waals surface area contributed by atoms with Crippen molar-refractivity contribution in [3.05, 3.63) is 63.7 Å². The lowest BCUT2D eigenvalue weighted by atomic mass is 10.2. The second-order valence-electron chi connectivity index (χ2n) is 3.90. The number of aromatic carboxylic acids is 1. The molecule has 0 unspecified atom stereocenters. The molecule has 0 heterocycles. The van der Waals surface area contributed by atoms with Crippen LogP contribution in [0.25, 0.3) is 0 Å². The lowest BCUT2D eigenvalue weighted by Gasteiger charge is -2.06. The van der Waals surface area contributed by atoms with Crippen LogP contribution in [0.15, 0.2) is 46.2 Å². The maximum absolute atomic E-state index is 13.8. The van der Waals surface area contributed by atoms with Crippen molar-refractivity contribution in [1.82, 2.24) is 0 Å². The van der Waals surface area contributed by atoms with E-state index < -0.39 is 33.1 Å². The Balaban J connectivity index is 2.48. The van der Waals surface area contributed by atoms with Gasteiger partial charge in [0, 0.05) is 11.0 Å². The van der Waals surface area contributed by atoms with Crippen molar-refractivity contribution in [1.29, 1.82) is 0 Å². The molecule has 0 aromatic heterocycles. The largest absolute Gasteiger partial charge is 0.478 e. The average molecular weight is 311 g/mol. The van der Waals surface area contributed by atoms with Gasteiger partial charge in [-0.05, 0) is 24.3 Å². The summed E-state index contributed by atoms with van der Waals surface area (Å²) in [7, 11) is 0. The van der Waals surface area contributed by atoms with E-state index >= 15 is 0 Å². The summed E-state index contributed by atoms with van der Waals surface area (Å²) in [4.78, 5) is 20.6. The Kier molecular flexibility index (Phi) is 4.18. The zero-order valence-electron chi connectivity index (χ0n) is 10.2. The number of halogens is 2. The summed E-state index contributed by atoms with van der Waals surface area (Å²) in [6.45, 7) is 0. The number of nitro groups is 1. The third-order valence-corrected chi connectivity index (χ3v) is 3.61. The van der Waals surface area contributed by atoms with Crippen LogP contribution in [0.5, 0.6) is 0 Å². The minimum Gasteiger partial charge on any atom is -0.478 e. The van der Waals surface area contributed by atoms with Crippen LogP contribution in [-0.4, -0.2) is 16.0 Å². The van der Waals surface area contributed by atoms with Crippen molar-refractivity contribution in [2.45, 2.75) is 9.79 Å². The first-order valence-corrected chi connectivity index (χ1v) is 6.35. The molecular formula is C13H7F2NO4S. The second-order valence-corrected chi connectivity index (χ2v) is 4.99. The molecule has 0 aliphatic rings. The van der Waals surface area contributed by atoms with E-state index in [-0.39, 0.29) is 10.5 Å². The van der Waals surface area contributed by atoms with Crippen LogP contribution >= 0.6 is 11.8 Å². The van der Waals surface area contributed by atoms with Gasteiger partial charge in [0.25, 0.3) is 5.69 Å². The lowest BCUT2D eigenvalue weighted by Crippen LogP contribution is -1.98. The fraction of sp³-hybridized carbons (Fsp3) is 0. The third kappa shape index (κ3) is 3.16. The zero-order valence-corrected chi connectivity index (χ0v) is 11.1. The molecule has 0 saturated carbocycles. The molecule has 0 amide bonds. The molecule has 5 nitrogen and oxygen atoms in total. The topological polar surface area (TPSA) is 80.4 Å². The first-order valence-electron chi connectivity index (χ1n) is 5.53. The zero-order chi connectivity index (χ0) is 15.6. The van der Waals surface area contributed by atoms with Gasteiger partial charge in [-0.15, -0.1) is 0 Å². The quantitative estimate of drug-likeness (QED) is 0.687. The molecule has 8 heteroatoms. The third-order valence-electron chi connectivity index (χ3n) is 2.53. The number of rotatable bonds is 4. The first-order chi connectivity index (χ1) is 9.90. The molecule has 2 aromatic rings. The van der Waals surface area contributed by atoms with E-state index in [1.54, 1.807) is 0 Å². The maximum Gasteiger partial charge on any atom is 0.335 e. The second kappa shape index (κ2) is 5.88. The molecular weight excluding hydrogens is 304 g/mol. The summed E-state index contributed by atoms with van der Waals surface area (Å²) >= 11 is 0.595. The van der Waals surface area contributed by atoms with Crippen LogP contribution in [0, 0.1) is 21.7 Å². The predicted molar refractivity (Wildman–Crippen MR) is 70.5 cm³/mol. The van der Waals surface area contributed by atoms with Gasteiger partial charge < -0.3 is 5.11 Å². The van der Waals surface area contributed by atoms with Gasteiger partial charge in [0.1, 0.15) is 4.90 Å². The molecule has 0 aliphatic carbocycles. The number of carbonyl (C=O) groups is 1. The van der Waals surface area contributed by atoms with Crippen molar-refractivity contribution in [2.75, 3.05) is 0 Å². The van der Waals surface area contributed by atoms with Crippen LogP contribution < -0.4 is 0 Å². The Morgan fingerprint density at radius 1 is 1.24 bits per heavy atom.